The van der Waals surface area contributed by atoms with Crippen LogP contribution in [-0.2, 0) is 9.59 Å². The van der Waals surface area contributed by atoms with Crippen molar-refractivity contribution < 1.29 is 14.0 Å². The molecule has 1 fully saturated rings. The zero-order chi connectivity index (χ0) is 21.7. The number of nitrogens with two attached hydrogens (primary N) is 1. The van der Waals surface area contributed by atoms with Crippen molar-refractivity contribution in [3.05, 3.63) is 77.2 Å². The first-order valence-electron chi connectivity index (χ1n) is 9.97. The molecular formula is C23H25ClFN3O2. The number of hydrogen-bond acceptors (Lipinski definition) is 3. The molecular weight excluding hydrogens is 405 g/mol. The highest BCUT2D eigenvalue weighted by molar-refractivity contribution is 6.31. The van der Waals surface area contributed by atoms with Crippen LogP contribution >= 0.6 is 11.6 Å². The summed E-state index contributed by atoms with van der Waals surface area (Å²) >= 11 is 6.41. The summed E-state index contributed by atoms with van der Waals surface area (Å²) < 4.78 is 14.0. The Balaban J connectivity index is 2.09. The summed E-state index contributed by atoms with van der Waals surface area (Å²) in [7, 11) is 0. The van der Waals surface area contributed by atoms with Crippen LogP contribution in [0.2, 0.25) is 5.02 Å². The molecule has 0 radical (unpaired) electrons. The van der Waals surface area contributed by atoms with Gasteiger partial charge in [0.1, 0.15) is 11.9 Å². The first-order valence-corrected chi connectivity index (χ1v) is 10.3. The summed E-state index contributed by atoms with van der Waals surface area (Å²) in [5.41, 5.74) is 6.06. The fourth-order valence-corrected chi connectivity index (χ4v) is 4.02. The second-order valence-corrected chi connectivity index (χ2v) is 7.86. The first kappa shape index (κ1) is 21.8. The average Bonchev–Trinajstić information content (AvgIpc) is 2.73. The molecule has 3 rings (SSSR count). The minimum Gasteiger partial charge on any atom is -0.395 e. The molecule has 3 N–H and O–H groups in total. The van der Waals surface area contributed by atoms with Gasteiger partial charge in [0.05, 0.1) is 5.70 Å². The third kappa shape index (κ3) is 5.00. The number of amides is 2. The van der Waals surface area contributed by atoms with Gasteiger partial charge in [0.15, 0.2) is 0 Å². The van der Waals surface area contributed by atoms with E-state index in [0.717, 1.165) is 37.0 Å². The number of anilines is 1. The third-order valence-electron chi connectivity index (χ3n) is 5.24. The van der Waals surface area contributed by atoms with Crippen LogP contribution in [0.4, 0.5) is 10.1 Å². The van der Waals surface area contributed by atoms with Crippen molar-refractivity contribution in [1.82, 2.24) is 5.32 Å². The topological polar surface area (TPSA) is 75.4 Å². The highest BCUT2D eigenvalue weighted by Gasteiger charge is 2.35. The standard InChI is InChI=1S/C23H25ClFN3O2/c1-15(26)23(30)28(18-11-7-8-16(25)14-18)21(19-12-5-6-13-20(19)24)22(29)27-17-9-3-2-4-10-17/h5-8,11-14,17,21H,1-4,9-10,26H2,(H,27,29)/t21-/m0/s1. The number of carbonyl (C=O) groups is 2. The van der Waals surface area contributed by atoms with Gasteiger partial charge in [-0.1, -0.05) is 61.7 Å². The van der Waals surface area contributed by atoms with Gasteiger partial charge in [-0.25, -0.2) is 4.39 Å². The number of carbonyl (C=O) groups excluding carboxylic acids is 2. The molecule has 2 amide bonds. The molecule has 0 heterocycles. The number of rotatable bonds is 6. The van der Waals surface area contributed by atoms with Gasteiger partial charge >= 0.3 is 0 Å². The van der Waals surface area contributed by atoms with Crippen molar-refractivity contribution in [2.75, 3.05) is 4.90 Å². The summed E-state index contributed by atoms with van der Waals surface area (Å²) in [6, 6.07) is 11.1. The lowest BCUT2D eigenvalue weighted by Gasteiger charge is -2.33. The molecule has 1 aliphatic carbocycles. The Hall–Kier alpha value is -2.86. The van der Waals surface area contributed by atoms with E-state index in [2.05, 4.69) is 11.9 Å². The van der Waals surface area contributed by atoms with Crippen LogP contribution in [0.3, 0.4) is 0 Å². The first-order chi connectivity index (χ1) is 14.4. The van der Waals surface area contributed by atoms with E-state index in [-0.39, 0.29) is 17.4 Å². The lowest BCUT2D eigenvalue weighted by Crippen LogP contribution is -2.48. The molecule has 1 atom stereocenters. The van der Waals surface area contributed by atoms with Gasteiger partial charge in [-0.05, 0) is 37.1 Å². The molecule has 2 aromatic rings. The number of hydrogen-bond donors (Lipinski definition) is 2. The smallest absolute Gasteiger partial charge is 0.274 e. The number of benzene rings is 2. The van der Waals surface area contributed by atoms with E-state index >= 15 is 0 Å². The molecule has 1 saturated carbocycles. The Labute approximate surface area is 180 Å². The summed E-state index contributed by atoms with van der Waals surface area (Å²) in [6.07, 6.45) is 4.96. The van der Waals surface area contributed by atoms with Crippen molar-refractivity contribution in [2.24, 2.45) is 5.73 Å². The predicted molar refractivity (Wildman–Crippen MR) is 116 cm³/mol. The van der Waals surface area contributed by atoms with Crippen molar-refractivity contribution in [3.8, 4) is 0 Å². The lowest BCUT2D eigenvalue weighted by molar-refractivity contribution is -0.126. The van der Waals surface area contributed by atoms with Crippen LogP contribution in [0.15, 0.2) is 60.8 Å². The van der Waals surface area contributed by atoms with E-state index in [9.17, 15) is 14.0 Å². The van der Waals surface area contributed by atoms with Crippen molar-refractivity contribution in [2.45, 2.75) is 44.2 Å². The summed E-state index contributed by atoms with van der Waals surface area (Å²) in [6.45, 7) is 3.53. The molecule has 0 unspecified atom stereocenters. The van der Waals surface area contributed by atoms with Crippen molar-refractivity contribution >= 4 is 29.1 Å². The van der Waals surface area contributed by atoms with Crippen LogP contribution in [0.25, 0.3) is 0 Å². The van der Waals surface area contributed by atoms with Crippen molar-refractivity contribution in [1.29, 1.82) is 0 Å². The number of nitrogens with one attached hydrogen (secondary N) is 1. The summed E-state index contributed by atoms with van der Waals surface area (Å²) in [5, 5.41) is 3.37. The molecule has 5 nitrogen and oxygen atoms in total. The Morgan fingerprint density at radius 1 is 1.13 bits per heavy atom. The second-order valence-electron chi connectivity index (χ2n) is 7.45. The van der Waals surface area contributed by atoms with E-state index in [1.165, 1.54) is 18.2 Å². The SMILES string of the molecule is C=C(N)C(=O)N(c1cccc(F)c1)[C@H](C(=O)NC1CCCCC1)c1ccccc1Cl. The van der Waals surface area contributed by atoms with Crippen LogP contribution in [0, 0.1) is 5.82 Å². The largest absolute Gasteiger partial charge is 0.395 e. The van der Waals surface area contributed by atoms with Crippen LogP contribution < -0.4 is 16.0 Å². The maximum absolute atomic E-state index is 14.0. The molecule has 0 aliphatic heterocycles. The predicted octanol–water partition coefficient (Wildman–Crippen LogP) is 4.47. The molecule has 0 spiro atoms. The fourth-order valence-electron chi connectivity index (χ4n) is 3.79. The maximum Gasteiger partial charge on any atom is 0.274 e. The Bertz CT molecular complexity index is 944. The van der Waals surface area contributed by atoms with Gasteiger partial charge in [0.25, 0.3) is 5.91 Å². The van der Waals surface area contributed by atoms with Gasteiger partial charge < -0.3 is 11.1 Å². The Morgan fingerprint density at radius 3 is 2.47 bits per heavy atom. The fraction of sp³-hybridized carbons (Fsp3) is 0.304. The Kier molecular flexibility index (Phi) is 7.11. The van der Waals surface area contributed by atoms with Crippen molar-refractivity contribution in [3.63, 3.8) is 0 Å². The van der Waals surface area contributed by atoms with E-state index < -0.39 is 23.7 Å². The third-order valence-corrected chi connectivity index (χ3v) is 5.58. The molecule has 0 saturated heterocycles. The van der Waals surface area contributed by atoms with Gasteiger partial charge in [-0.15, -0.1) is 0 Å². The quantitative estimate of drug-likeness (QED) is 0.665. The minimum atomic E-state index is -1.13. The average molecular weight is 430 g/mol. The molecule has 0 aromatic heterocycles. The van der Waals surface area contributed by atoms with Crippen LogP contribution in [0.5, 0.6) is 0 Å². The highest BCUT2D eigenvalue weighted by atomic mass is 35.5. The maximum atomic E-state index is 14.0. The molecule has 158 valence electrons. The number of nitrogens with zero attached hydrogens (tertiary/aromatic N) is 1. The molecule has 2 aromatic carbocycles. The summed E-state index contributed by atoms with van der Waals surface area (Å²) in [5.74, 6) is -1.63. The molecule has 7 heteroatoms. The number of halogens is 2. The zero-order valence-electron chi connectivity index (χ0n) is 16.6. The van der Waals surface area contributed by atoms with Gasteiger partial charge in [0.2, 0.25) is 5.91 Å². The van der Waals surface area contributed by atoms with Crippen LogP contribution in [0.1, 0.15) is 43.7 Å². The summed E-state index contributed by atoms with van der Waals surface area (Å²) in [4.78, 5) is 27.7. The van der Waals surface area contributed by atoms with Gasteiger partial charge in [0, 0.05) is 22.3 Å². The monoisotopic (exact) mass is 429 g/mol. The Morgan fingerprint density at radius 2 is 1.83 bits per heavy atom. The van der Waals surface area contributed by atoms with E-state index in [1.807, 2.05) is 0 Å². The van der Waals surface area contributed by atoms with Crippen LogP contribution in [-0.4, -0.2) is 17.9 Å². The van der Waals surface area contributed by atoms with E-state index in [1.54, 1.807) is 30.3 Å². The highest BCUT2D eigenvalue weighted by Crippen LogP contribution is 2.33. The zero-order valence-corrected chi connectivity index (χ0v) is 17.4. The molecule has 1 aliphatic rings. The second kappa shape index (κ2) is 9.76. The minimum absolute atomic E-state index is 0.0155. The normalized spacial score (nSPS) is 15.3. The van der Waals surface area contributed by atoms with E-state index in [4.69, 9.17) is 17.3 Å². The van der Waals surface area contributed by atoms with E-state index in [0.29, 0.717) is 10.6 Å². The molecule has 30 heavy (non-hydrogen) atoms. The lowest BCUT2D eigenvalue weighted by atomic mass is 9.94. The van der Waals surface area contributed by atoms with Gasteiger partial charge in [-0.3, -0.25) is 14.5 Å². The molecule has 0 bridgehead atoms. The van der Waals surface area contributed by atoms with Gasteiger partial charge in [-0.2, -0.15) is 0 Å².